The third-order valence-corrected chi connectivity index (χ3v) is 13.3. The van der Waals surface area contributed by atoms with E-state index in [0.717, 1.165) is 0 Å². The van der Waals surface area contributed by atoms with Crippen molar-refractivity contribution in [1.29, 1.82) is 0 Å². The highest BCUT2D eigenvalue weighted by molar-refractivity contribution is 6.83. The number of rotatable bonds is 5. The summed E-state index contributed by atoms with van der Waals surface area (Å²) >= 11 is 0. The van der Waals surface area contributed by atoms with Crippen LogP contribution < -0.4 is 10.9 Å². The molecule has 3 heterocycles. The number of imidazole rings is 1. The first kappa shape index (κ1) is 24.5. The lowest BCUT2D eigenvalue weighted by molar-refractivity contribution is -0.118. The minimum atomic E-state index is -2.80. The summed E-state index contributed by atoms with van der Waals surface area (Å²) in [6, 6.07) is 0. The molecule has 0 saturated carbocycles. The van der Waals surface area contributed by atoms with Crippen molar-refractivity contribution in [2.24, 2.45) is 5.92 Å². The van der Waals surface area contributed by atoms with Gasteiger partial charge in [-0.25, -0.2) is 9.37 Å². The SMILES string of the molecule is CC(C)C(=O)Nc1nc2c(ncn2[C@@H]2O[C@H](CO)[C@](O)([Si](C)(C)C(C)(C)C)[C@H]2F)c(=O)[nH]1. The van der Waals surface area contributed by atoms with Crippen molar-refractivity contribution in [3.05, 3.63) is 16.7 Å². The summed E-state index contributed by atoms with van der Waals surface area (Å²) in [6.07, 6.45) is -3.22. The van der Waals surface area contributed by atoms with E-state index in [0.29, 0.717) is 0 Å². The highest BCUT2D eigenvalue weighted by Crippen LogP contribution is 2.52. The molecule has 3 rings (SSSR count). The third-order valence-electron chi connectivity index (χ3n) is 6.98. The van der Waals surface area contributed by atoms with Crippen LogP contribution in [0.3, 0.4) is 0 Å². The highest BCUT2D eigenvalue weighted by atomic mass is 28.3. The molecule has 0 aromatic carbocycles. The lowest BCUT2D eigenvalue weighted by Gasteiger charge is -2.49. The molecule has 32 heavy (non-hydrogen) atoms. The van der Waals surface area contributed by atoms with Gasteiger partial charge in [0.05, 0.1) is 21.0 Å². The fourth-order valence-corrected chi connectivity index (χ4v) is 6.90. The van der Waals surface area contributed by atoms with E-state index in [9.17, 15) is 19.8 Å². The number of nitrogens with zero attached hydrogens (tertiary/aromatic N) is 3. The van der Waals surface area contributed by atoms with Gasteiger partial charge >= 0.3 is 0 Å². The third kappa shape index (κ3) is 3.58. The first-order valence-corrected chi connectivity index (χ1v) is 13.6. The monoisotopic (exact) mass is 469 g/mol. The number of halogens is 1. The van der Waals surface area contributed by atoms with Gasteiger partial charge < -0.3 is 14.9 Å². The summed E-state index contributed by atoms with van der Waals surface area (Å²) in [5.74, 6) is -0.805. The predicted molar refractivity (Wildman–Crippen MR) is 120 cm³/mol. The van der Waals surface area contributed by atoms with Crippen molar-refractivity contribution in [3.63, 3.8) is 0 Å². The number of aromatic amines is 1. The summed E-state index contributed by atoms with van der Waals surface area (Å²) in [4.78, 5) is 35.2. The lowest BCUT2D eigenvalue weighted by atomic mass is 10.1. The Kier molecular flexibility index (Phi) is 6.13. The van der Waals surface area contributed by atoms with Crippen molar-refractivity contribution in [1.82, 2.24) is 19.5 Å². The number of fused-ring (bicyclic) bond motifs is 1. The van der Waals surface area contributed by atoms with Crippen molar-refractivity contribution in [3.8, 4) is 0 Å². The minimum absolute atomic E-state index is 0.00312. The van der Waals surface area contributed by atoms with E-state index in [1.807, 2.05) is 33.9 Å². The van der Waals surface area contributed by atoms with E-state index in [2.05, 4.69) is 20.3 Å². The maximum Gasteiger partial charge on any atom is 0.280 e. The standard InChI is InChI=1S/C20H32FN5O5Si/c1-10(2)15(28)24-18-23-14-12(16(29)25-18)22-9-26(14)17-13(21)20(30,11(8-27)31-17)32(6,7)19(3,4)5/h9-11,13,17,27,30H,8H2,1-7H3,(H2,23,24,25,28,29)/t11-,13+,17-,20+/m1/s1. The summed E-state index contributed by atoms with van der Waals surface area (Å²) in [5, 5.41) is 21.8. The van der Waals surface area contributed by atoms with Gasteiger partial charge in [-0.2, -0.15) is 4.98 Å². The molecule has 12 heteroatoms. The Morgan fingerprint density at radius 2 is 2.06 bits per heavy atom. The van der Waals surface area contributed by atoms with Crippen LogP contribution >= 0.6 is 0 Å². The van der Waals surface area contributed by atoms with Crippen LogP contribution in [-0.2, 0) is 9.53 Å². The summed E-state index contributed by atoms with van der Waals surface area (Å²) in [7, 11) is -2.80. The van der Waals surface area contributed by atoms with Gasteiger partial charge in [-0.1, -0.05) is 47.7 Å². The van der Waals surface area contributed by atoms with Gasteiger partial charge in [-0.3, -0.25) is 24.5 Å². The highest BCUT2D eigenvalue weighted by Gasteiger charge is 2.67. The van der Waals surface area contributed by atoms with Gasteiger partial charge in [0, 0.05) is 5.92 Å². The van der Waals surface area contributed by atoms with E-state index in [-0.39, 0.29) is 28.9 Å². The number of carbonyl (C=O) groups excluding carboxylic acids is 1. The molecule has 1 aliphatic heterocycles. The molecule has 1 aliphatic rings. The Morgan fingerprint density at radius 1 is 1.44 bits per heavy atom. The molecule has 1 amide bonds. The van der Waals surface area contributed by atoms with Crippen LogP contribution in [0.5, 0.6) is 0 Å². The predicted octanol–water partition coefficient (Wildman–Crippen LogP) is 1.72. The van der Waals surface area contributed by atoms with E-state index >= 15 is 4.39 Å². The van der Waals surface area contributed by atoms with Gasteiger partial charge in [0.25, 0.3) is 5.56 Å². The number of ether oxygens (including phenoxy) is 1. The largest absolute Gasteiger partial charge is 0.394 e. The van der Waals surface area contributed by atoms with E-state index in [1.165, 1.54) is 10.9 Å². The number of carbonyl (C=O) groups is 1. The second kappa shape index (κ2) is 8.01. The Morgan fingerprint density at radius 3 is 2.59 bits per heavy atom. The molecule has 178 valence electrons. The Hall–Kier alpha value is -2.15. The van der Waals surface area contributed by atoms with Crippen LogP contribution in [0, 0.1) is 5.92 Å². The number of aromatic nitrogens is 4. The molecule has 4 N–H and O–H groups in total. The average Bonchev–Trinajstić information content (AvgIpc) is 3.21. The molecule has 1 fully saturated rings. The number of anilines is 1. The second-order valence-corrected chi connectivity index (χ2v) is 15.7. The van der Waals surface area contributed by atoms with Crippen LogP contribution in [0.2, 0.25) is 18.1 Å². The number of aliphatic hydroxyl groups excluding tert-OH is 1. The molecule has 0 spiro atoms. The molecule has 4 atom stereocenters. The number of amides is 1. The zero-order valence-corrected chi connectivity index (χ0v) is 20.4. The molecule has 10 nitrogen and oxygen atoms in total. The molecule has 1 saturated heterocycles. The zero-order chi connectivity index (χ0) is 24.2. The number of nitrogens with one attached hydrogen (secondary N) is 2. The number of hydrogen-bond donors (Lipinski definition) is 4. The minimum Gasteiger partial charge on any atom is -0.394 e. The summed E-state index contributed by atoms with van der Waals surface area (Å²) in [5.41, 5.74) is -0.678. The second-order valence-electron chi connectivity index (χ2n) is 10.2. The molecule has 2 aromatic heterocycles. The molecular weight excluding hydrogens is 437 g/mol. The van der Waals surface area contributed by atoms with Gasteiger partial charge in [0.15, 0.2) is 23.6 Å². The van der Waals surface area contributed by atoms with Crippen molar-refractivity contribution in [2.45, 2.75) is 76.5 Å². The fourth-order valence-electron chi connectivity index (χ4n) is 3.91. The molecule has 0 radical (unpaired) electrons. The van der Waals surface area contributed by atoms with Crippen LogP contribution in [0.15, 0.2) is 11.1 Å². The normalized spacial score (nSPS) is 26.8. The van der Waals surface area contributed by atoms with E-state index in [1.54, 1.807) is 13.8 Å². The number of H-pyrrole nitrogens is 1. The van der Waals surface area contributed by atoms with Crippen LogP contribution in [0.4, 0.5) is 10.3 Å². The first-order valence-electron chi connectivity index (χ1n) is 10.6. The van der Waals surface area contributed by atoms with Crippen molar-refractivity contribution >= 4 is 31.1 Å². The first-order chi connectivity index (χ1) is 14.7. The zero-order valence-electron chi connectivity index (χ0n) is 19.4. The molecule has 0 aliphatic carbocycles. The molecular formula is C20H32FN5O5Si. The Balaban J connectivity index is 2.10. The van der Waals surface area contributed by atoms with Crippen molar-refractivity contribution in [2.75, 3.05) is 11.9 Å². The van der Waals surface area contributed by atoms with E-state index < -0.39 is 49.0 Å². The maximum atomic E-state index is 16.0. The maximum absolute atomic E-state index is 16.0. The van der Waals surface area contributed by atoms with E-state index in [4.69, 9.17) is 4.74 Å². The van der Waals surface area contributed by atoms with Crippen molar-refractivity contribution < 1.29 is 24.1 Å². The lowest BCUT2D eigenvalue weighted by Crippen LogP contribution is -2.68. The molecule has 0 unspecified atom stereocenters. The van der Waals surface area contributed by atoms with Crippen LogP contribution in [-0.4, -0.2) is 67.8 Å². The summed E-state index contributed by atoms with van der Waals surface area (Å²) in [6.45, 7) is 12.3. The average molecular weight is 470 g/mol. The molecule has 2 aromatic rings. The van der Waals surface area contributed by atoms with Crippen LogP contribution in [0.1, 0.15) is 40.8 Å². The van der Waals surface area contributed by atoms with Gasteiger partial charge in [-0.15, -0.1) is 0 Å². The fraction of sp³-hybridized carbons (Fsp3) is 0.700. The Labute approximate surface area is 186 Å². The number of hydrogen-bond acceptors (Lipinski definition) is 7. The molecule has 0 bridgehead atoms. The number of alkyl halides is 1. The van der Waals surface area contributed by atoms with Gasteiger partial charge in [-0.05, 0) is 5.04 Å². The van der Waals surface area contributed by atoms with Crippen LogP contribution in [0.25, 0.3) is 11.2 Å². The quantitative estimate of drug-likeness (QED) is 0.488. The van der Waals surface area contributed by atoms with Gasteiger partial charge in [0.2, 0.25) is 11.9 Å². The Bertz CT molecular complexity index is 1080. The van der Waals surface area contributed by atoms with Gasteiger partial charge in [0.1, 0.15) is 11.3 Å². The number of aliphatic hydroxyl groups is 2. The topological polar surface area (TPSA) is 142 Å². The summed E-state index contributed by atoms with van der Waals surface area (Å²) < 4.78 is 23.1. The smallest absolute Gasteiger partial charge is 0.280 e.